The summed E-state index contributed by atoms with van der Waals surface area (Å²) in [5.41, 5.74) is 0.641. The second-order valence-corrected chi connectivity index (χ2v) is 10.6. The zero-order valence-corrected chi connectivity index (χ0v) is 21.5. The van der Waals surface area contributed by atoms with Crippen molar-refractivity contribution in [1.29, 1.82) is 0 Å². The van der Waals surface area contributed by atoms with Crippen LogP contribution in [0.25, 0.3) is 0 Å². The lowest BCUT2D eigenvalue weighted by molar-refractivity contribution is -0.00524. The van der Waals surface area contributed by atoms with Crippen LogP contribution in [0.2, 0.25) is 0 Å². The molecule has 0 atom stereocenters. The van der Waals surface area contributed by atoms with E-state index in [4.69, 9.17) is 18.9 Å². The highest BCUT2D eigenvalue weighted by molar-refractivity contribution is 4.84. The molecule has 1 rings (SSSR count). The molecule has 1 fully saturated rings. The molecule has 6 heteroatoms. The van der Waals surface area contributed by atoms with Crippen LogP contribution in [-0.4, -0.2) is 89.0 Å². The Hall–Kier alpha value is -0.240. The summed E-state index contributed by atoms with van der Waals surface area (Å²) in [5, 5.41) is 3.80. The van der Waals surface area contributed by atoms with Gasteiger partial charge in [0.1, 0.15) is 0 Å². The number of likely N-dealkylation sites (tertiary alicyclic amines) is 1. The number of piperidine rings is 1. The van der Waals surface area contributed by atoms with Crippen molar-refractivity contribution in [2.24, 2.45) is 5.41 Å². The van der Waals surface area contributed by atoms with Gasteiger partial charge in [-0.2, -0.15) is 0 Å². The summed E-state index contributed by atoms with van der Waals surface area (Å²) in [6, 6.07) is 0.655. The number of hydrogen-bond acceptors (Lipinski definition) is 6. The molecule has 186 valence electrons. The lowest BCUT2D eigenvalue weighted by Gasteiger charge is -2.37. The minimum absolute atomic E-state index is 0.251. The smallest absolute Gasteiger partial charge is 0.0701 e. The maximum Gasteiger partial charge on any atom is 0.0701 e. The van der Waals surface area contributed by atoms with E-state index in [1.54, 1.807) is 0 Å². The summed E-state index contributed by atoms with van der Waals surface area (Å²) in [4.78, 5) is 2.51. The fourth-order valence-corrected chi connectivity index (χ4v) is 3.62. The molecule has 0 saturated carbocycles. The van der Waals surface area contributed by atoms with Gasteiger partial charge >= 0.3 is 0 Å². The van der Waals surface area contributed by atoms with Crippen molar-refractivity contribution in [3.8, 4) is 0 Å². The van der Waals surface area contributed by atoms with Gasteiger partial charge in [0.2, 0.25) is 0 Å². The Labute approximate surface area is 192 Å². The van der Waals surface area contributed by atoms with Crippen LogP contribution in [0.1, 0.15) is 73.6 Å². The standard InChI is InChI=1S/C25H52N2O4/c1-7-25(5,6)26-23-9-12-27(13-10-23)14-16-29-18-20-31-22-21-30-19-17-28-15-8-11-24(2,3)4/h23,26H,7-22H2,1-6H3. The Kier molecular flexibility index (Phi) is 15.2. The molecule has 1 saturated heterocycles. The summed E-state index contributed by atoms with van der Waals surface area (Å²) < 4.78 is 22.4. The van der Waals surface area contributed by atoms with Gasteiger partial charge in [0, 0.05) is 24.7 Å². The molecule has 0 bridgehead atoms. The third-order valence-electron chi connectivity index (χ3n) is 5.95. The van der Waals surface area contributed by atoms with Crippen molar-refractivity contribution < 1.29 is 18.9 Å². The summed E-state index contributed by atoms with van der Waals surface area (Å²) in [5.74, 6) is 0. The lowest BCUT2D eigenvalue weighted by atomic mass is 9.91. The number of hydrogen-bond donors (Lipinski definition) is 1. The highest BCUT2D eigenvalue weighted by atomic mass is 16.6. The van der Waals surface area contributed by atoms with Gasteiger partial charge in [-0.25, -0.2) is 0 Å². The molecule has 0 unspecified atom stereocenters. The summed E-state index contributed by atoms with van der Waals surface area (Å²) >= 11 is 0. The normalized spacial score (nSPS) is 16.8. The molecule has 31 heavy (non-hydrogen) atoms. The SMILES string of the molecule is CCC(C)(C)NC1CCN(CCOCCOCCOCCOCCCC(C)(C)C)CC1. The monoisotopic (exact) mass is 444 g/mol. The molecule has 1 aliphatic heterocycles. The Morgan fingerprint density at radius 3 is 1.71 bits per heavy atom. The minimum atomic E-state index is 0.251. The number of nitrogens with one attached hydrogen (secondary N) is 1. The molecule has 1 heterocycles. The van der Waals surface area contributed by atoms with E-state index in [1.165, 1.54) is 25.7 Å². The van der Waals surface area contributed by atoms with Gasteiger partial charge in [0.25, 0.3) is 0 Å². The van der Waals surface area contributed by atoms with E-state index in [0.717, 1.165) is 39.3 Å². The zero-order valence-electron chi connectivity index (χ0n) is 21.5. The van der Waals surface area contributed by atoms with E-state index in [9.17, 15) is 0 Å². The molecule has 0 spiro atoms. The van der Waals surface area contributed by atoms with Gasteiger partial charge in [-0.05, 0) is 64.5 Å². The molecule has 1 aliphatic rings. The van der Waals surface area contributed by atoms with E-state index >= 15 is 0 Å². The van der Waals surface area contributed by atoms with Crippen LogP contribution < -0.4 is 5.32 Å². The Morgan fingerprint density at radius 2 is 1.23 bits per heavy atom. The van der Waals surface area contributed by atoms with Crippen LogP contribution in [0.5, 0.6) is 0 Å². The predicted octanol–water partition coefficient (Wildman–Crippen LogP) is 4.12. The van der Waals surface area contributed by atoms with Crippen LogP contribution in [0, 0.1) is 5.41 Å². The van der Waals surface area contributed by atoms with Crippen LogP contribution in [0.3, 0.4) is 0 Å². The van der Waals surface area contributed by atoms with Crippen molar-refractivity contribution in [3.05, 3.63) is 0 Å². The first kappa shape index (κ1) is 28.8. The summed E-state index contributed by atoms with van der Waals surface area (Å²) in [6.45, 7) is 22.4. The largest absolute Gasteiger partial charge is 0.379 e. The topological polar surface area (TPSA) is 52.2 Å². The molecule has 0 aliphatic carbocycles. The molecular weight excluding hydrogens is 392 g/mol. The van der Waals surface area contributed by atoms with Gasteiger partial charge in [-0.1, -0.05) is 27.7 Å². The first-order chi connectivity index (χ1) is 14.7. The van der Waals surface area contributed by atoms with Crippen LogP contribution in [0.15, 0.2) is 0 Å². The van der Waals surface area contributed by atoms with E-state index in [1.807, 2.05) is 0 Å². The first-order valence-corrected chi connectivity index (χ1v) is 12.5. The van der Waals surface area contributed by atoms with Crippen molar-refractivity contribution in [2.45, 2.75) is 85.2 Å². The molecule has 1 N–H and O–H groups in total. The average molecular weight is 445 g/mol. The fraction of sp³-hybridized carbons (Fsp3) is 1.00. The van der Waals surface area contributed by atoms with Crippen molar-refractivity contribution in [1.82, 2.24) is 10.2 Å². The quantitative estimate of drug-likeness (QED) is 0.321. The average Bonchev–Trinajstić information content (AvgIpc) is 2.71. The van der Waals surface area contributed by atoms with Gasteiger partial charge in [-0.15, -0.1) is 0 Å². The molecule has 0 aromatic heterocycles. The molecule has 0 amide bonds. The molecule has 0 aromatic carbocycles. The molecule has 0 aromatic rings. The summed E-state index contributed by atoms with van der Waals surface area (Å²) in [6.07, 6.45) is 5.93. The van der Waals surface area contributed by atoms with Crippen LogP contribution in [-0.2, 0) is 18.9 Å². The Morgan fingerprint density at radius 1 is 0.742 bits per heavy atom. The van der Waals surface area contributed by atoms with Gasteiger partial charge in [-0.3, -0.25) is 0 Å². The van der Waals surface area contributed by atoms with E-state index in [0.29, 0.717) is 51.1 Å². The fourth-order valence-electron chi connectivity index (χ4n) is 3.62. The second kappa shape index (κ2) is 16.4. The highest BCUT2D eigenvalue weighted by Crippen LogP contribution is 2.20. The van der Waals surface area contributed by atoms with E-state index < -0.39 is 0 Å². The second-order valence-electron chi connectivity index (χ2n) is 10.6. The zero-order chi connectivity index (χ0) is 23.0. The van der Waals surface area contributed by atoms with Gasteiger partial charge < -0.3 is 29.2 Å². The van der Waals surface area contributed by atoms with Crippen molar-refractivity contribution in [3.63, 3.8) is 0 Å². The van der Waals surface area contributed by atoms with Crippen LogP contribution in [0.4, 0.5) is 0 Å². The third-order valence-corrected chi connectivity index (χ3v) is 5.95. The predicted molar refractivity (Wildman–Crippen MR) is 129 cm³/mol. The van der Waals surface area contributed by atoms with Gasteiger partial charge in [0.15, 0.2) is 0 Å². The van der Waals surface area contributed by atoms with E-state index in [-0.39, 0.29) is 5.54 Å². The molecule has 6 nitrogen and oxygen atoms in total. The maximum absolute atomic E-state index is 5.72. The van der Waals surface area contributed by atoms with Crippen LogP contribution >= 0.6 is 0 Å². The van der Waals surface area contributed by atoms with Crippen molar-refractivity contribution >= 4 is 0 Å². The Bertz CT molecular complexity index is 418. The number of rotatable bonds is 18. The third kappa shape index (κ3) is 17.0. The highest BCUT2D eigenvalue weighted by Gasteiger charge is 2.24. The summed E-state index contributed by atoms with van der Waals surface area (Å²) in [7, 11) is 0. The number of nitrogens with zero attached hydrogens (tertiary/aromatic N) is 1. The Balaban J connectivity index is 1.80. The van der Waals surface area contributed by atoms with Gasteiger partial charge in [0.05, 0.1) is 46.2 Å². The molecule has 0 radical (unpaired) electrons. The number of ether oxygens (including phenoxy) is 4. The first-order valence-electron chi connectivity index (χ1n) is 12.5. The lowest BCUT2D eigenvalue weighted by Crippen LogP contribution is -2.50. The van der Waals surface area contributed by atoms with Crippen molar-refractivity contribution in [2.75, 3.05) is 72.5 Å². The minimum Gasteiger partial charge on any atom is -0.379 e. The molecular formula is C25H52N2O4. The van der Waals surface area contributed by atoms with E-state index in [2.05, 4.69) is 51.8 Å². The maximum atomic E-state index is 5.72.